The summed E-state index contributed by atoms with van der Waals surface area (Å²) in [6.07, 6.45) is 3.47. The van der Waals surface area contributed by atoms with Crippen molar-refractivity contribution in [3.8, 4) is 0 Å². The fourth-order valence-corrected chi connectivity index (χ4v) is 4.86. The Hall–Kier alpha value is -2.94. The van der Waals surface area contributed by atoms with Crippen LogP contribution in [-0.4, -0.2) is 50.4 Å². The molecule has 0 aliphatic carbocycles. The maximum atomic E-state index is 13.2. The van der Waals surface area contributed by atoms with Crippen LogP contribution in [-0.2, 0) is 0 Å². The monoisotopic (exact) mass is 497 g/mol. The number of halogens is 2. The second kappa shape index (κ2) is 9.37. The van der Waals surface area contributed by atoms with Gasteiger partial charge < -0.3 is 20.9 Å². The summed E-state index contributed by atoms with van der Waals surface area (Å²) < 4.78 is 0. The minimum absolute atomic E-state index is 0.0903. The van der Waals surface area contributed by atoms with Crippen molar-refractivity contribution in [3.63, 3.8) is 0 Å². The van der Waals surface area contributed by atoms with E-state index in [1.54, 1.807) is 12.1 Å². The molecule has 1 amide bonds. The number of fused-ring (bicyclic) bond motifs is 2. The number of likely N-dealkylation sites (tertiary alicyclic amines) is 1. The first-order valence-electron chi connectivity index (χ1n) is 11.3. The Morgan fingerprint density at radius 3 is 2.94 bits per heavy atom. The average molecular weight is 498 g/mol. The summed E-state index contributed by atoms with van der Waals surface area (Å²) in [6, 6.07) is 8.85. The highest BCUT2D eigenvalue weighted by Gasteiger charge is 2.26. The number of hydrogen-bond acceptors (Lipinski definition) is 6. The number of aromatic amines is 1. The molecule has 1 saturated heterocycles. The summed E-state index contributed by atoms with van der Waals surface area (Å²) in [5.74, 6) is 1.60. The first-order valence-corrected chi connectivity index (χ1v) is 12.0. The second-order valence-corrected chi connectivity index (χ2v) is 9.56. The smallest absolute Gasteiger partial charge is 0.255 e. The number of imidazole rings is 1. The molecule has 2 aromatic heterocycles. The third-order valence-corrected chi connectivity index (χ3v) is 6.87. The number of aromatic nitrogens is 4. The number of benzene rings is 2. The van der Waals surface area contributed by atoms with Crippen molar-refractivity contribution in [2.75, 3.05) is 25.0 Å². The van der Waals surface area contributed by atoms with Gasteiger partial charge in [-0.25, -0.2) is 15.0 Å². The first kappa shape index (κ1) is 22.8. The van der Waals surface area contributed by atoms with Crippen molar-refractivity contribution in [1.82, 2.24) is 24.8 Å². The topological polar surface area (TPSA) is 113 Å². The van der Waals surface area contributed by atoms with E-state index >= 15 is 0 Å². The highest BCUT2D eigenvalue weighted by atomic mass is 35.5. The maximum Gasteiger partial charge on any atom is 0.255 e. The van der Waals surface area contributed by atoms with Crippen LogP contribution in [0.3, 0.4) is 0 Å². The quantitative estimate of drug-likeness (QED) is 0.365. The number of H-pyrrole nitrogens is 1. The number of rotatable bonds is 5. The van der Waals surface area contributed by atoms with E-state index in [-0.39, 0.29) is 11.9 Å². The number of hydrogen-bond donors (Lipinski definition) is 3. The number of nitrogens with two attached hydrogens (primary N) is 1. The molecule has 34 heavy (non-hydrogen) atoms. The zero-order valence-corrected chi connectivity index (χ0v) is 20.2. The fraction of sp³-hybridized carbons (Fsp3) is 0.333. The Bertz CT molecular complexity index is 1370. The van der Waals surface area contributed by atoms with E-state index in [9.17, 15) is 4.79 Å². The summed E-state index contributed by atoms with van der Waals surface area (Å²) in [6.45, 7) is 3.92. The molecule has 1 aliphatic rings. The number of nitrogens with one attached hydrogen (secondary N) is 2. The van der Waals surface area contributed by atoms with Crippen LogP contribution < -0.4 is 11.1 Å². The van der Waals surface area contributed by atoms with E-state index in [1.165, 1.54) is 6.33 Å². The lowest BCUT2D eigenvalue weighted by Crippen LogP contribution is -2.42. The Morgan fingerprint density at radius 1 is 1.26 bits per heavy atom. The molecule has 3 heterocycles. The SMILES string of the molecule is C[C@H](Nc1ncnc2cc(C(=O)N3CCC[C@@H](CN)C3)c(Cl)cc12)c1nc2ccc(Cl)cc2[nH]1. The molecule has 5 rings (SSSR count). The van der Waals surface area contributed by atoms with Crippen LogP contribution in [0.2, 0.25) is 10.0 Å². The molecular weight excluding hydrogens is 473 g/mol. The fourth-order valence-electron chi connectivity index (χ4n) is 4.45. The Balaban J connectivity index is 1.42. The molecule has 10 heteroatoms. The lowest BCUT2D eigenvalue weighted by atomic mass is 9.97. The predicted octanol–water partition coefficient (Wildman–Crippen LogP) is 4.80. The van der Waals surface area contributed by atoms with Gasteiger partial charge in [-0.1, -0.05) is 23.2 Å². The number of carbonyl (C=O) groups is 1. The van der Waals surface area contributed by atoms with Gasteiger partial charge in [0.1, 0.15) is 18.0 Å². The van der Waals surface area contributed by atoms with Crippen LogP contribution in [0, 0.1) is 5.92 Å². The van der Waals surface area contributed by atoms with Crippen LogP contribution >= 0.6 is 23.2 Å². The van der Waals surface area contributed by atoms with E-state index in [0.717, 1.165) is 35.1 Å². The van der Waals surface area contributed by atoms with E-state index in [1.807, 2.05) is 30.0 Å². The standard InChI is InChI=1S/C24H25Cl2N7O/c1-13(22-31-19-5-4-15(25)7-21(19)32-22)30-23-17-8-18(26)16(9-20(17)28-12-29-23)24(34)33-6-2-3-14(10-27)11-33/h4-5,7-9,12-14H,2-3,6,10-11,27H2,1H3,(H,31,32)(H,28,29,30)/t13-,14-/m0/s1. The van der Waals surface area contributed by atoms with E-state index < -0.39 is 0 Å². The Morgan fingerprint density at radius 2 is 2.12 bits per heavy atom. The Labute approximate surface area is 206 Å². The van der Waals surface area contributed by atoms with Crippen molar-refractivity contribution >= 4 is 56.9 Å². The number of nitrogens with zero attached hydrogens (tertiary/aromatic N) is 4. The first-order chi connectivity index (χ1) is 16.4. The zero-order valence-electron chi connectivity index (χ0n) is 18.7. The third-order valence-electron chi connectivity index (χ3n) is 6.32. The molecule has 1 fully saturated rings. The normalized spacial score (nSPS) is 17.3. The van der Waals surface area contributed by atoms with Gasteiger partial charge in [-0.3, -0.25) is 4.79 Å². The summed E-state index contributed by atoms with van der Waals surface area (Å²) in [7, 11) is 0. The van der Waals surface area contributed by atoms with Crippen LogP contribution in [0.4, 0.5) is 5.82 Å². The molecule has 4 N–H and O–H groups in total. The van der Waals surface area contributed by atoms with Gasteiger partial charge in [0.15, 0.2) is 0 Å². The van der Waals surface area contributed by atoms with Gasteiger partial charge in [0.2, 0.25) is 0 Å². The van der Waals surface area contributed by atoms with Gasteiger partial charge in [0, 0.05) is 23.5 Å². The van der Waals surface area contributed by atoms with Crippen LogP contribution in [0.5, 0.6) is 0 Å². The number of carbonyl (C=O) groups excluding carboxylic acids is 1. The lowest BCUT2D eigenvalue weighted by molar-refractivity contribution is 0.0678. The summed E-state index contributed by atoms with van der Waals surface area (Å²) >= 11 is 12.7. The molecule has 0 radical (unpaired) electrons. The van der Waals surface area contributed by atoms with Gasteiger partial charge in [-0.05, 0) is 62.6 Å². The molecule has 0 unspecified atom stereocenters. The van der Waals surface area contributed by atoms with Crippen molar-refractivity contribution in [2.24, 2.45) is 11.7 Å². The van der Waals surface area contributed by atoms with Crippen molar-refractivity contribution in [3.05, 3.63) is 58.1 Å². The zero-order chi connectivity index (χ0) is 23.8. The molecular formula is C24H25Cl2N7O. The highest BCUT2D eigenvalue weighted by Crippen LogP contribution is 2.30. The van der Waals surface area contributed by atoms with Gasteiger partial charge in [-0.15, -0.1) is 0 Å². The van der Waals surface area contributed by atoms with Gasteiger partial charge >= 0.3 is 0 Å². The maximum absolute atomic E-state index is 13.2. The second-order valence-electron chi connectivity index (χ2n) is 8.72. The van der Waals surface area contributed by atoms with Gasteiger partial charge in [0.25, 0.3) is 5.91 Å². The molecule has 0 spiro atoms. The number of piperidine rings is 1. The summed E-state index contributed by atoms with van der Waals surface area (Å²) in [5, 5.41) is 5.13. The lowest BCUT2D eigenvalue weighted by Gasteiger charge is -2.32. The highest BCUT2D eigenvalue weighted by molar-refractivity contribution is 6.35. The number of amides is 1. The predicted molar refractivity (Wildman–Crippen MR) is 135 cm³/mol. The molecule has 2 aromatic carbocycles. The largest absolute Gasteiger partial charge is 0.360 e. The number of anilines is 1. The molecule has 0 bridgehead atoms. The molecule has 1 aliphatic heterocycles. The molecule has 4 aromatic rings. The van der Waals surface area contributed by atoms with E-state index in [4.69, 9.17) is 28.9 Å². The molecule has 176 valence electrons. The van der Waals surface area contributed by atoms with Crippen LogP contribution in [0.15, 0.2) is 36.7 Å². The van der Waals surface area contributed by atoms with Crippen LogP contribution in [0.25, 0.3) is 21.9 Å². The summed E-state index contributed by atoms with van der Waals surface area (Å²) in [5.41, 5.74) is 8.62. The molecule has 8 nitrogen and oxygen atoms in total. The molecule has 0 saturated carbocycles. The third kappa shape index (κ3) is 4.41. The van der Waals surface area contributed by atoms with Crippen molar-refractivity contribution in [1.29, 1.82) is 0 Å². The Kier molecular flexibility index (Phi) is 6.29. The minimum atomic E-state index is -0.175. The van der Waals surface area contributed by atoms with Crippen molar-refractivity contribution in [2.45, 2.75) is 25.8 Å². The van der Waals surface area contributed by atoms with Crippen molar-refractivity contribution < 1.29 is 4.79 Å². The summed E-state index contributed by atoms with van der Waals surface area (Å²) in [4.78, 5) is 31.8. The molecule has 2 atom stereocenters. The van der Waals surface area contributed by atoms with E-state index in [2.05, 4.69) is 25.3 Å². The van der Waals surface area contributed by atoms with Crippen LogP contribution in [0.1, 0.15) is 42.0 Å². The minimum Gasteiger partial charge on any atom is -0.360 e. The van der Waals surface area contributed by atoms with Gasteiger partial charge in [-0.2, -0.15) is 0 Å². The van der Waals surface area contributed by atoms with E-state index in [0.29, 0.717) is 52.5 Å². The average Bonchev–Trinajstić information content (AvgIpc) is 3.27. The van der Waals surface area contributed by atoms with Gasteiger partial charge in [0.05, 0.1) is 33.2 Å².